The fraction of sp³-hybridized carbons (Fsp3) is 0.478. The molecule has 1 aliphatic rings. The number of phenolic OH excluding ortho intramolecular Hbond substituents is 1. The van der Waals surface area contributed by atoms with Gasteiger partial charge in [-0.1, -0.05) is 62.7 Å². The summed E-state index contributed by atoms with van der Waals surface area (Å²) in [7, 11) is 0. The van der Waals surface area contributed by atoms with Crippen molar-refractivity contribution >= 4 is 0 Å². The van der Waals surface area contributed by atoms with Gasteiger partial charge < -0.3 is 10.0 Å². The van der Waals surface area contributed by atoms with Crippen LogP contribution < -0.4 is 0 Å². The topological polar surface area (TPSA) is 23.5 Å². The molecule has 2 unspecified atom stereocenters. The molecule has 3 rings (SSSR count). The van der Waals surface area contributed by atoms with Crippen molar-refractivity contribution in [3.05, 3.63) is 65.7 Å². The molecule has 2 aromatic rings. The van der Waals surface area contributed by atoms with Crippen LogP contribution in [0.1, 0.15) is 44.2 Å². The molecule has 0 saturated carbocycles. The summed E-state index contributed by atoms with van der Waals surface area (Å²) >= 11 is 0. The largest absolute Gasteiger partial charge is 0.508 e. The highest BCUT2D eigenvalue weighted by molar-refractivity contribution is 5.34. The number of aromatic hydroxyl groups is 1. The number of likely N-dealkylation sites (tertiary alicyclic amines) is 1. The maximum atomic E-state index is 10.0. The Bertz CT molecular complexity index is 669. The van der Waals surface area contributed by atoms with Crippen molar-refractivity contribution in [1.82, 2.24) is 4.90 Å². The first-order chi connectivity index (χ1) is 12.1. The van der Waals surface area contributed by atoms with Crippen LogP contribution in [0.15, 0.2) is 54.6 Å². The summed E-state index contributed by atoms with van der Waals surface area (Å²) in [5.41, 5.74) is 2.88. The van der Waals surface area contributed by atoms with Crippen molar-refractivity contribution < 1.29 is 5.11 Å². The first-order valence-electron chi connectivity index (χ1n) is 9.70. The van der Waals surface area contributed by atoms with Crippen LogP contribution in [0, 0.1) is 5.92 Å². The molecule has 1 N–H and O–H groups in total. The maximum absolute atomic E-state index is 10.0. The minimum absolute atomic E-state index is 0.155. The van der Waals surface area contributed by atoms with Gasteiger partial charge in [-0.05, 0) is 55.0 Å². The molecule has 2 atom stereocenters. The predicted molar refractivity (Wildman–Crippen MR) is 105 cm³/mol. The Balaban J connectivity index is 1.79. The average molecular weight is 338 g/mol. The predicted octanol–water partition coefficient (Wildman–Crippen LogP) is 5.01. The summed E-state index contributed by atoms with van der Waals surface area (Å²) in [4.78, 5) is 2.63. The van der Waals surface area contributed by atoms with E-state index in [1.54, 1.807) is 6.07 Å². The van der Waals surface area contributed by atoms with Gasteiger partial charge >= 0.3 is 0 Å². The highest BCUT2D eigenvalue weighted by atomic mass is 16.3. The Morgan fingerprint density at radius 1 is 1.12 bits per heavy atom. The SMILES string of the molecule is CCCC1(c2cccc(O)c2)CN(CCc2ccccc2)CCC1C. The third kappa shape index (κ3) is 4.07. The molecule has 0 aliphatic carbocycles. The van der Waals surface area contributed by atoms with E-state index in [4.69, 9.17) is 0 Å². The van der Waals surface area contributed by atoms with Crippen molar-refractivity contribution in [2.75, 3.05) is 19.6 Å². The fourth-order valence-electron chi connectivity index (χ4n) is 4.52. The molecule has 2 aromatic carbocycles. The lowest BCUT2D eigenvalue weighted by Gasteiger charge is -2.48. The molecule has 25 heavy (non-hydrogen) atoms. The fourth-order valence-corrected chi connectivity index (χ4v) is 4.52. The Morgan fingerprint density at radius 2 is 1.92 bits per heavy atom. The molecule has 134 valence electrons. The first-order valence-corrected chi connectivity index (χ1v) is 9.70. The minimum Gasteiger partial charge on any atom is -0.508 e. The van der Waals surface area contributed by atoms with Crippen LogP contribution in [-0.2, 0) is 11.8 Å². The van der Waals surface area contributed by atoms with Crippen molar-refractivity contribution in [2.45, 2.75) is 44.9 Å². The van der Waals surface area contributed by atoms with Crippen LogP contribution in [0.2, 0.25) is 0 Å². The van der Waals surface area contributed by atoms with Crippen molar-refractivity contribution in [1.29, 1.82) is 0 Å². The number of nitrogens with zero attached hydrogens (tertiary/aromatic N) is 1. The van der Waals surface area contributed by atoms with Gasteiger partial charge in [-0.25, -0.2) is 0 Å². The molecular weight excluding hydrogens is 306 g/mol. The number of piperidine rings is 1. The quantitative estimate of drug-likeness (QED) is 0.800. The second-order valence-corrected chi connectivity index (χ2v) is 7.66. The van der Waals surface area contributed by atoms with Gasteiger partial charge in [0.25, 0.3) is 0 Å². The van der Waals surface area contributed by atoms with Gasteiger partial charge in [0.2, 0.25) is 0 Å². The van der Waals surface area contributed by atoms with Crippen LogP contribution in [0.3, 0.4) is 0 Å². The zero-order chi connectivity index (χ0) is 17.7. The van der Waals surface area contributed by atoms with E-state index in [9.17, 15) is 5.11 Å². The number of rotatable bonds is 6. The monoisotopic (exact) mass is 337 g/mol. The summed E-state index contributed by atoms with van der Waals surface area (Å²) < 4.78 is 0. The summed E-state index contributed by atoms with van der Waals surface area (Å²) in [5, 5.41) is 10.0. The van der Waals surface area contributed by atoms with Gasteiger partial charge in [0, 0.05) is 18.5 Å². The van der Waals surface area contributed by atoms with E-state index < -0.39 is 0 Å². The zero-order valence-electron chi connectivity index (χ0n) is 15.6. The van der Waals surface area contributed by atoms with Gasteiger partial charge in [-0.2, -0.15) is 0 Å². The molecular formula is C23H31NO. The molecule has 1 fully saturated rings. The number of hydrogen-bond acceptors (Lipinski definition) is 2. The van der Waals surface area contributed by atoms with E-state index in [2.05, 4.69) is 55.1 Å². The standard InChI is InChI=1S/C23H31NO/c1-3-14-23(21-10-7-11-22(25)17-21)18-24(15-12-19(23)2)16-13-20-8-5-4-6-9-20/h4-11,17,19,25H,3,12-16,18H2,1-2H3. The normalized spacial score (nSPS) is 24.3. The molecule has 0 aromatic heterocycles. The molecule has 2 heteroatoms. The van der Waals surface area contributed by atoms with Crippen molar-refractivity contribution in [2.24, 2.45) is 5.92 Å². The lowest BCUT2D eigenvalue weighted by Crippen LogP contribution is -2.51. The highest BCUT2D eigenvalue weighted by Gasteiger charge is 2.41. The van der Waals surface area contributed by atoms with E-state index in [-0.39, 0.29) is 5.41 Å². The van der Waals surface area contributed by atoms with Gasteiger partial charge in [0.15, 0.2) is 0 Å². The van der Waals surface area contributed by atoms with E-state index in [1.807, 2.05) is 12.1 Å². The van der Waals surface area contributed by atoms with Crippen molar-refractivity contribution in [3.8, 4) is 5.75 Å². The molecule has 0 radical (unpaired) electrons. The third-order valence-corrected chi connectivity index (χ3v) is 6.00. The van der Waals surface area contributed by atoms with Crippen LogP contribution in [0.25, 0.3) is 0 Å². The van der Waals surface area contributed by atoms with Crippen molar-refractivity contribution in [3.63, 3.8) is 0 Å². The lowest BCUT2D eigenvalue weighted by atomic mass is 9.65. The van der Waals surface area contributed by atoms with Crippen LogP contribution in [0.5, 0.6) is 5.75 Å². The van der Waals surface area contributed by atoms with Crippen LogP contribution >= 0.6 is 0 Å². The first kappa shape index (κ1) is 18.0. The number of benzene rings is 2. The average Bonchev–Trinajstić information content (AvgIpc) is 2.63. The number of phenols is 1. The highest BCUT2D eigenvalue weighted by Crippen LogP contribution is 2.43. The smallest absolute Gasteiger partial charge is 0.115 e. The molecule has 2 nitrogen and oxygen atoms in total. The van der Waals surface area contributed by atoms with Gasteiger partial charge in [-0.3, -0.25) is 0 Å². The zero-order valence-corrected chi connectivity index (χ0v) is 15.6. The van der Waals surface area contributed by atoms with Gasteiger partial charge in [0.1, 0.15) is 5.75 Å². The number of hydrogen-bond donors (Lipinski definition) is 1. The third-order valence-electron chi connectivity index (χ3n) is 6.00. The molecule has 1 saturated heterocycles. The lowest BCUT2D eigenvalue weighted by molar-refractivity contribution is 0.0889. The Labute approximate surface area is 152 Å². The molecule has 1 aliphatic heterocycles. The minimum atomic E-state index is 0.155. The summed E-state index contributed by atoms with van der Waals surface area (Å²) in [6.07, 6.45) is 4.69. The summed E-state index contributed by atoms with van der Waals surface area (Å²) in [5.74, 6) is 1.03. The summed E-state index contributed by atoms with van der Waals surface area (Å²) in [6.45, 7) is 8.06. The van der Waals surface area contributed by atoms with E-state index in [0.29, 0.717) is 11.7 Å². The summed E-state index contributed by atoms with van der Waals surface area (Å²) in [6, 6.07) is 18.8. The van der Waals surface area contributed by atoms with Crippen LogP contribution in [0.4, 0.5) is 0 Å². The van der Waals surface area contributed by atoms with Crippen LogP contribution in [-0.4, -0.2) is 29.6 Å². The molecule has 0 bridgehead atoms. The Kier molecular flexibility index (Phi) is 5.80. The van der Waals surface area contributed by atoms with E-state index in [0.717, 1.165) is 19.5 Å². The molecule has 0 spiro atoms. The second kappa shape index (κ2) is 8.05. The van der Waals surface area contributed by atoms with E-state index in [1.165, 1.54) is 36.9 Å². The van der Waals surface area contributed by atoms with E-state index >= 15 is 0 Å². The molecule has 1 heterocycles. The Hall–Kier alpha value is -1.80. The van der Waals surface area contributed by atoms with Gasteiger partial charge in [0.05, 0.1) is 0 Å². The second-order valence-electron chi connectivity index (χ2n) is 7.66. The van der Waals surface area contributed by atoms with Gasteiger partial charge in [-0.15, -0.1) is 0 Å². The molecule has 0 amide bonds. The Morgan fingerprint density at radius 3 is 2.64 bits per heavy atom. The maximum Gasteiger partial charge on any atom is 0.115 e.